The van der Waals surface area contributed by atoms with Crippen molar-refractivity contribution in [3.8, 4) is 11.3 Å². The second-order valence-corrected chi connectivity index (χ2v) is 11.6. The zero-order valence-electron chi connectivity index (χ0n) is 24.7. The number of hydrogen-bond donors (Lipinski definition) is 0. The summed E-state index contributed by atoms with van der Waals surface area (Å²) in [6, 6.07) is 42.1. The van der Waals surface area contributed by atoms with Crippen LogP contribution in [-0.4, -0.2) is 40.3 Å². The fraction of sp³-hybridized carbons (Fsp3) is 0.243. The molecule has 2 fully saturated rings. The van der Waals surface area contributed by atoms with E-state index in [2.05, 4.69) is 41.4 Å². The number of ether oxygens (including phenoxy) is 4. The van der Waals surface area contributed by atoms with Gasteiger partial charge < -0.3 is 18.9 Å². The molecular formula is C37H34N2O5. The third kappa shape index (κ3) is 5.18. The lowest BCUT2D eigenvalue weighted by Crippen LogP contribution is -2.39. The minimum atomic E-state index is -0.925. The van der Waals surface area contributed by atoms with E-state index in [1.54, 1.807) is 6.20 Å². The predicted molar refractivity (Wildman–Crippen MR) is 167 cm³/mol. The molecule has 222 valence electrons. The minimum absolute atomic E-state index is 0.181. The Morgan fingerprint density at radius 3 is 1.75 bits per heavy atom. The predicted octanol–water partition coefficient (Wildman–Crippen LogP) is 6.34. The quantitative estimate of drug-likeness (QED) is 0.198. The highest BCUT2D eigenvalue weighted by Gasteiger charge is 2.56. The largest absolute Gasteiger partial charge is 0.358 e. The number of benzene rings is 4. The van der Waals surface area contributed by atoms with Crippen molar-refractivity contribution in [2.75, 3.05) is 6.61 Å². The Labute approximate surface area is 256 Å². The molecular weight excluding hydrogens is 552 g/mol. The van der Waals surface area contributed by atoms with E-state index in [9.17, 15) is 4.79 Å². The van der Waals surface area contributed by atoms with Crippen LogP contribution in [0.2, 0.25) is 0 Å². The molecule has 7 nitrogen and oxygen atoms in total. The van der Waals surface area contributed by atoms with Crippen molar-refractivity contribution < 1.29 is 18.9 Å². The Hall–Kier alpha value is -4.40. The van der Waals surface area contributed by atoms with Crippen molar-refractivity contribution in [1.29, 1.82) is 0 Å². The molecule has 0 saturated carbocycles. The summed E-state index contributed by atoms with van der Waals surface area (Å²) in [6.45, 7) is 3.93. The summed E-state index contributed by atoms with van der Waals surface area (Å²) in [5, 5.41) is 0. The van der Waals surface area contributed by atoms with Crippen LogP contribution in [0.25, 0.3) is 11.3 Å². The molecule has 4 atom stereocenters. The van der Waals surface area contributed by atoms with Crippen molar-refractivity contribution in [3.05, 3.63) is 161 Å². The van der Waals surface area contributed by atoms with Gasteiger partial charge in [0.05, 0.1) is 12.3 Å². The Balaban J connectivity index is 1.25. The topological polar surface area (TPSA) is 71.8 Å². The molecule has 0 spiro atoms. The molecule has 7 rings (SSSR count). The SMILES string of the molecule is CC1(C)O[C@@H]2[C@H](O1)[C@@H](COC(c1ccccc1)(c1ccccc1)c1ccccc1)O[C@H]2n1ccc(-c2ccccc2)nc1=O. The van der Waals surface area contributed by atoms with Gasteiger partial charge in [0.15, 0.2) is 12.0 Å². The maximum atomic E-state index is 13.4. The summed E-state index contributed by atoms with van der Waals surface area (Å²) < 4.78 is 27.9. The Bertz CT molecular complexity index is 1660. The second-order valence-electron chi connectivity index (χ2n) is 11.6. The maximum absolute atomic E-state index is 13.4. The molecule has 0 amide bonds. The van der Waals surface area contributed by atoms with Crippen molar-refractivity contribution in [1.82, 2.24) is 9.55 Å². The number of rotatable bonds is 8. The molecule has 2 aliphatic heterocycles. The molecule has 0 N–H and O–H groups in total. The third-order valence-corrected chi connectivity index (χ3v) is 8.30. The van der Waals surface area contributed by atoms with Gasteiger partial charge in [-0.05, 0) is 36.6 Å². The number of aromatic nitrogens is 2. The zero-order chi connectivity index (χ0) is 30.1. The zero-order valence-corrected chi connectivity index (χ0v) is 24.7. The van der Waals surface area contributed by atoms with E-state index in [0.717, 1.165) is 22.3 Å². The Morgan fingerprint density at radius 1 is 0.727 bits per heavy atom. The first-order valence-corrected chi connectivity index (χ1v) is 14.9. The number of hydrogen-bond acceptors (Lipinski definition) is 6. The van der Waals surface area contributed by atoms with Crippen LogP contribution in [0, 0.1) is 0 Å². The highest BCUT2D eigenvalue weighted by atomic mass is 16.8. The van der Waals surface area contributed by atoms with E-state index in [-0.39, 0.29) is 6.61 Å². The first kappa shape index (κ1) is 28.4. The first-order valence-electron chi connectivity index (χ1n) is 14.9. The van der Waals surface area contributed by atoms with Gasteiger partial charge in [0.1, 0.15) is 23.9 Å². The lowest BCUT2D eigenvalue weighted by Gasteiger charge is -2.37. The molecule has 4 aromatic carbocycles. The summed E-state index contributed by atoms with van der Waals surface area (Å²) in [7, 11) is 0. The van der Waals surface area contributed by atoms with Crippen LogP contribution in [-0.2, 0) is 24.5 Å². The van der Waals surface area contributed by atoms with Gasteiger partial charge >= 0.3 is 5.69 Å². The molecule has 3 heterocycles. The van der Waals surface area contributed by atoms with Crippen LogP contribution >= 0.6 is 0 Å². The number of nitrogens with zero attached hydrogens (tertiary/aromatic N) is 2. The van der Waals surface area contributed by atoms with Gasteiger partial charge in [0.2, 0.25) is 0 Å². The molecule has 5 aromatic rings. The molecule has 0 unspecified atom stereocenters. The second kappa shape index (κ2) is 11.6. The molecule has 0 bridgehead atoms. The lowest BCUT2D eigenvalue weighted by molar-refractivity contribution is -0.205. The molecule has 44 heavy (non-hydrogen) atoms. The Kier molecular flexibility index (Phi) is 7.48. The maximum Gasteiger partial charge on any atom is 0.350 e. The van der Waals surface area contributed by atoms with Gasteiger partial charge in [-0.3, -0.25) is 4.57 Å². The van der Waals surface area contributed by atoms with E-state index in [1.165, 1.54) is 4.57 Å². The summed E-state index contributed by atoms with van der Waals surface area (Å²) >= 11 is 0. The molecule has 1 aromatic heterocycles. The molecule has 0 radical (unpaired) electrons. The van der Waals surface area contributed by atoms with Gasteiger partial charge in [-0.25, -0.2) is 4.79 Å². The van der Waals surface area contributed by atoms with Crippen molar-refractivity contribution in [2.24, 2.45) is 0 Å². The van der Waals surface area contributed by atoms with Gasteiger partial charge in [-0.15, -0.1) is 0 Å². The van der Waals surface area contributed by atoms with Crippen LogP contribution in [0.3, 0.4) is 0 Å². The first-order chi connectivity index (χ1) is 21.4. The van der Waals surface area contributed by atoms with Crippen LogP contribution in [0.4, 0.5) is 0 Å². The van der Waals surface area contributed by atoms with E-state index >= 15 is 0 Å². The van der Waals surface area contributed by atoms with Gasteiger partial charge in [0, 0.05) is 11.8 Å². The van der Waals surface area contributed by atoms with E-state index in [4.69, 9.17) is 18.9 Å². The molecule has 0 aliphatic carbocycles. The lowest BCUT2D eigenvalue weighted by atomic mass is 9.80. The fourth-order valence-corrected chi connectivity index (χ4v) is 6.37. The summed E-state index contributed by atoms with van der Waals surface area (Å²) in [5.41, 5.74) is 3.10. The van der Waals surface area contributed by atoms with Crippen LogP contribution in [0.5, 0.6) is 0 Å². The highest BCUT2D eigenvalue weighted by Crippen LogP contribution is 2.45. The summed E-state index contributed by atoms with van der Waals surface area (Å²) in [6.07, 6.45) is -0.529. The summed E-state index contributed by atoms with van der Waals surface area (Å²) in [5.74, 6) is -0.855. The normalized spacial score (nSPS) is 22.5. The molecule has 2 saturated heterocycles. The van der Waals surface area contributed by atoms with Gasteiger partial charge in [-0.2, -0.15) is 4.98 Å². The molecule has 2 aliphatic rings. The molecule has 7 heteroatoms. The van der Waals surface area contributed by atoms with Gasteiger partial charge in [-0.1, -0.05) is 121 Å². The van der Waals surface area contributed by atoms with Crippen LogP contribution in [0.1, 0.15) is 36.8 Å². The van der Waals surface area contributed by atoms with E-state index < -0.39 is 41.6 Å². The monoisotopic (exact) mass is 586 g/mol. The van der Waals surface area contributed by atoms with Crippen molar-refractivity contribution in [3.63, 3.8) is 0 Å². The minimum Gasteiger partial charge on any atom is -0.358 e. The van der Waals surface area contributed by atoms with Gasteiger partial charge in [0.25, 0.3) is 0 Å². The average molecular weight is 587 g/mol. The van der Waals surface area contributed by atoms with Crippen molar-refractivity contribution >= 4 is 0 Å². The van der Waals surface area contributed by atoms with E-state index in [1.807, 2.05) is 105 Å². The standard InChI is InChI=1S/C37H34N2O5/c1-36(2)43-32-31(42-34(33(32)44-36)39-24-23-30(38-35(39)40)26-15-7-3-8-16-26)25-41-37(27-17-9-4-10-18-27,28-19-11-5-12-20-28)29-21-13-6-14-22-29/h3-24,31-34H,25H2,1-2H3/t31-,32-,33-,34-/m1/s1. The smallest absolute Gasteiger partial charge is 0.350 e. The van der Waals surface area contributed by atoms with Crippen LogP contribution < -0.4 is 5.69 Å². The number of fused-ring (bicyclic) bond motifs is 1. The highest BCUT2D eigenvalue weighted by molar-refractivity contribution is 5.57. The fourth-order valence-electron chi connectivity index (χ4n) is 6.37. The average Bonchev–Trinajstić information content (AvgIpc) is 3.56. The van der Waals surface area contributed by atoms with Crippen molar-refractivity contribution in [2.45, 2.75) is 49.8 Å². The van der Waals surface area contributed by atoms with E-state index in [0.29, 0.717) is 5.69 Å². The Morgan fingerprint density at radius 2 is 1.23 bits per heavy atom. The summed E-state index contributed by atoms with van der Waals surface area (Å²) in [4.78, 5) is 17.7. The third-order valence-electron chi connectivity index (χ3n) is 8.30. The van der Waals surface area contributed by atoms with Crippen LogP contribution in [0.15, 0.2) is 138 Å².